The van der Waals surface area contributed by atoms with Gasteiger partial charge in [-0.3, -0.25) is 9.55 Å². The van der Waals surface area contributed by atoms with Gasteiger partial charge in [-0.05, 0) is 52.7 Å². The summed E-state index contributed by atoms with van der Waals surface area (Å²) in [6.45, 7) is 0. The van der Waals surface area contributed by atoms with E-state index in [0.717, 1.165) is 66.8 Å². The third kappa shape index (κ3) is 5.22. The summed E-state index contributed by atoms with van der Waals surface area (Å²) in [5, 5.41) is 2.15. The first-order valence-corrected chi connectivity index (χ1v) is 16.2. The van der Waals surface area contributed by atoms with E-state index in [1.807, 2.05) is 103 Å². The number of pyridine rings is 1. The second-order valence-corrected chi connectivity index (χ2v) is 11.8. The molecule has 3 aromatic heterocycles. The Bertz CT molecular complexity index is 2520. The maximum atomic E-state index is 5.00. The average molecular weight is 629 g/mol. The third-order valence-corrected chi connectivity index (χ3v) is 8.74. The second-order valence-electron chi connectivity index (χ2n) is 11.8. The van der Waals surface area contributed by atoms with Gasteiger partial charge >= 0.3 is 0 Å². The van der Waals surface area contributed by atoms with Crippen molar-refractivity contribution in [2.45, 2.75) is 0 Å². The second kappa shape index (κ2) is 12.1. The van der Waals surface area contributed by atoms with E-state index in [-0.39, 0.29) is 0 Å². The van der Waals surface area contributed by atoms with E-state index in [1.165, 1.54) is 0 Å². The Morgan fingerprint density at radius 1 is 0.388 bits per heavy atom. The van der Waals surface area contributed by atoms with Gasteiger partial charge in [0.15, 0.2) is 23.3 Å². The number of nitrogens with zero attached hydrogens (tertiary/aromatic N) is 6. The number of benzene rings is 6. The predicted octanol–water partition coefficient (Wildman–Crippen LogP) is 10.1. The molecule has 9 aromatic rings. The van der Waals surface area contributed by atoms with E-state index >= 15 is 0 Å². The Labute approximate surface area is 283 Å². The van der Waals surface area contributed by atoms with Crippen molar-refractivity contribution >= 4 is 21.8 Å². The van der Waals surface area contributed by atoms with Crippen LogP contribution in [0.1, 0.15) is 0 Å². The Morgan fingerprint density at radius 2 is 0.939 bits per heavy atom. The minimum Gasteiger partial charge on any atom is -0.291 e. The number of hydrogen-bond acceptors (Lipinski definition) is 5. The van der Waals surface area contributed by atoms with Crippen LogP contribution >= 0.6 is 0 Å². The average Bonchev–Trinajstić information content (AvgIpc) is 3.58. The fourth-order valence-corrected chi connectivity index (χ4v) is 6.40. The van der Waals surface area contributed by atoms with E-state index in [9.17, 15) is 0 Å². The van der Waals surface area contributed by atoms with Crippen LogP contribution in [0.2, 0.25) is 0 Å². The fraction of sp³-hybridized carbons (Fsp3) is 0. The van der Waals surface area contributed by atoms with Crippen LogP contribution in [-0.2, 0) is 0 Å². The molecule has 0 aliphatic carbocycles. The molecule has 0 aliphatic heterocycles. The molecule has 49 heavy (non-hydrogen) atoms. The van der Waals surface area contributed by atoms with Gasteiger partial charge in [0.1, 0.15) is 5.69 Å². The van der Waals surface area contributed by atoms with Crippen molar-refractivity contribution in [3.63, 3.8) is 0 Å². The number of para-hydroxylation sites is 3. The monoisotopic (exact) mass is 628 g/mol. The molecule has 0 bridgehead atoms. The summed E-state index contributed by atoms with van der Waals surface area (Å²) in [6, 6.07) is 55.4. The largest absolute Gasteiger partial charge is 0.291 e. The summed E-state index contributed by atoms with van der Waals surface area (Å²) >= 11 is 0. The SMILES string of the molecule is c1ccc(-c2nc(-c3ccccc3)nc(-c3ccc(-c4ccc(-c5nc6ccccc6n5-c5ccccc5)nc4)c4ccccc34)n2)cc1. The van der Waals surface area contributed by atoms with Gasteiger partial charge in [0.05, 0.1) is 11.0 Å². The Hall–Kier alpha value is -6.79. The molecule has 230 valence electrons. The molecule has 0 aliphatic rings. The lowest BCUT2D eigenvalue weighted by molar-refractivity contribution is 1.08. The van der Waals surface area contributed by atoms with Crippen molar-refractivity contribution in [2.75, 3.05) is 0 Å². The molecule has 9 rings (SSSR count). The van der Waals surface area contributed by atoms with Gasteiger partial charge in [-0.2, -0.15) is 0 Å². The number of fused-ring (bicyclic) bond motifs is 2. The summed E-state index contributed by atoms with van der Waals surface area (Å²) in [6.07, 6.45) is 1.94. The fourth-order valence-electron chi connectivity index (χ4n) is 6.40. The molecule has 0 saturated carbocycles. The summed E-state index contributed by atoms with van der Waals surface area (Å²) < 4.78 is 2.17. The topological polar surface area (TPSA) is 69.4 Å². The Kier molecular flexibility index (Phi) is 7.02. The lowest BCUT2D eigenvalue weighted by Gasteiger charge is -2.13. The molecule has 6 aromatic carbocycles. The molecule has 0 saturated heterocycles. The zero-order chi connectivity index (χ0) is 32.6. The zero-order valence-corrected chi connectivity index (χ0v) is 26.3. The van der Waals surface area contributed by atoms with Gasteiger partial charge in [-0.25, -0.2) is 19.9 Å². The van der Waals surface area contributed by atoms with E-state index in [2.05, 4.69) is 71.3 Å². The number of imidazole rings is 1. The zero-order valence-electron chi connectivity index (χ0n) is 26.3. The van der Waals surface area contributed by atoms with Crippen molar-refractivity contribution in [3.8, 4) is 62.5 Å². The van der Waals surface area contributed by atoms with Gasteiger partial charge in [0.2, 0.25) is 0 Å². The Balaban J connectivity index is 1.15. The molecule has 0 fully saturated rings. The molecule has 3 heterocycles. The van der Waals surface area contributed by atoms with E-state index in [1.54, 1.807) is 0 Å². The first-order chi connectivity index (χ1) is 24.3. The van der Waals surface area contributed by atoms with Gasteiger partial charge in [-0.1, -0.05) is 127 Å². The predicted molar refractivity (Wildman–Crippen MR) is 197 cm³/mol. The highest BCUT2D eigenvalue weighted by atomic mass is 15.1. The summed E-state index contributed by atoms with van der Waals surface area (Å²) in [4.78, 5) is 24.9. The normalized spacial score (nSPS) is 11.3. The molecule has 0 radical (unpaired) electrons. The van der Waals surface area contributed by atoms with Crippen molar-refractivity contribution < 1.29 is 0 Å². The molecular formula is C43H28N6. The molecule has 0 amide bonds. The van der Waals surface area contributed by atoms with E-state index in [4.69, 9.17) is 24.9 Å². The maximum absolute atomic E-state index is 5.00. The molecule has 0 N–H and O–H groups in total. The lowest BCUT2D eigenvalue weighted by Crippen LogP contribution is -2.00. The minimum atomic E-state index is 0.628. The van der Waals surface area contributed by atoms with Crippen molar-refractivity contribution in [1.82, 2.24) is 29.5 Å². The van der Waals surface area contributed by atoms with E-state index < -0.39 is 0 Å². The van der Waals surface area contributed by atoms with Crippen molar-refractivity contribution in [3.05, 3.63) is 170 Å². The van der Waals surface area contributed by atoms with E-state index in [0.29, 0.717) is 17.5 Å². The van der Waals surface area contributed by atoms with Crippen LogP contribution < -0.4 is 0 Å². The highest BCUT2D eigenvalue weighted by Crippen LogP contribution is 2.36. The van der Waals surface area contributed by atoms with Gasteiger partial charge < -0.3 is 0 Å². The first-order valence-electron chi connectivity index (χ1n) is 16.2. The van der Waals surface area contributed by atoms with Crippen LogP contribution in [0.5, 0.6) is 0 Å². The third-order valence-electron chi connectivity index (χ3n) is 8.74. The lowest BCUT2D eigenvalue weighted by atomic mass is 9.95. The smallest absolute Gasteiger partial charge is 0.164 e. The molecule has 0 atom stereocenters. The van der Waals surface area contributed by atoms with Crippen LogP contribution in [0.4, 0.5) is 0 Å². The summed E-state index contributed by atoms with van der Waals surface area (Å²) in [7, 11) is 0. The number of hydrogen-bond donors (Lipinski definition) is 0. The number of aromatic nitrogens is 6. The summed E-state index contributed by atoms with van der Waals surface area (Å²) in [5.41, 5.74) is 8.73. The minimum absolute atomic E-state index is 0.628. The van der Waals surface area contributed by atoms with Crippen molar-refractivity contribution in [1.29, 1.82) is 0 Å². The molecule has 0 unspecified atom stereocenters. The Morgan fingerprint density at radius 3 is 1.59 bits per heavy atom. The highest BCUT2D eigenvalue weighted by molar-refractivity contribution is 6.04. The van der Waals surface area contributed by atoms with Crippen LogP contribution in [0.3, 0.4) is 0 Å². The summed E-state index contributed by atoms with van der Waals surface area (Å²) in [5.74, 6) is 2.71. The number of rotatable bonds is 6. The standard InChI is InChI=1S/C43H28N6/c1-4-14-29(15-5-1)40-46-41(30-16-6-2-7-17-30)48-42(47-40)36-26-25-33(34-20-10-11-21-35(34)36)31-24-27-38(44-28-31)43-45-37-22-12-13-23-39(37)49(43)32-18-8-3-9-19-32/h1-28H. The van der Waals surface area contributed by atoms with Crippen molar-refractivity contribution in [2.24, 2.45) is 0 Å². The highest BCUT2D eigenvalue weighted by Gasteiger charge is 2.18. The van der Waals surface area contributed by atoms with Crippen LogP contribution in [0.15, 0.2) is 170 Å². The van der Waals surface area contributed by atoms with Crippen LogP contribution in [-0.4, -0.2) is 29.5 Å². The maximum Gasteiger partial charge on any atom is 0.164 e. The first kappa shape index (κ1) is 28.4. The van der Waals surface area contributed by atoms with Gasteiger partial charge in [0, 0.05) is 34.1 Å². The molecular weight excluding hydrogens is 601 g/mol. The molecule has 6 heteroatoms. The van der Waals surface area contributed by atoms with Gasteiger partial charge in [0.25, 0.3) is 0 Å². The van der Waals surface area contributed by atoms with Gasteiger partial charge in [-0.15, -0.1) is 0 Å². The van der Waals surface area contributed by atoms with Crippen LogP contribution in [0, 0.1) is 0 Å². The van der Waals surface area contributed by atoms with Crippen LogP contribution in [0.25, 0.3) is 84.3 Å². The quantitative estimate of drug-likeness (QED) is 0.183. The molecule has 0 spiro atoms. The molecule has 6 nitrogen and oxygen atoms in total.